The first-order chi connectivity index (χ1) is 8.20. The molecule has 0 N–H and O–H groups in total. The Morgan fingerprint density at radius 2 is 2.35 bits per heavy atom. The molecule has 0 aromatic carbocycles. The van der Waals surface area contributed by atoms with Crippen LogP contribution in [-0.2, 0) is 4.74 Å². The summed E-state index contributed by atoms with van der Waals surface area (Å²) in [5.74, 6) is -0.502. The van der Waals surface area contributed by atoms with Gasteiger partial charge >= 0.3 is 11.9 Å². The molecule has 0 saturated carbocycles. The molecule has 0 atom stereocenters. The van der Waals surface area contributed by atoms with Gasteiger partial charge in [-0.25, -0.2) is 4.79 Å². The third-order valence-electron chi connectivity index (χ3n) is 1.84. The van der Waals surface area contributed by atoms with E-state index in [-0.39, 0.29) is 12.5 Å². The number of pyridine rings is 1. The Morgan fingerprint density at radius 1 is 1.53 bits per heavy atom. The summed E-state index contributed by atoms with van der Waals surface area (Å²) in [5.41, 5.74) is 0.652. The third-order valence-corrected chi connectivity index (χ3v) is 2.27. The van der Waals surface area contributed by atoms with Crippen molar-refractivity contribution in [2.24, 2.45) is 0 Å². The molecule has 0 saturated heterocycles. The van der Waals surface area contributed by atoms with E-state index in [9.17, 15) is 4.79 Å². The van der Waals surface area contributed by atoms with Crippen molar-refractivity contribution in [3.8, 4) is 11.4 Å². The fourth-order valence-corrected chi connectivity index (χ4v) is 1.52. The SMILES string of the molecule is CCOC(=O)c1nc(-c2cncc(Br)c2)no1. The zero-order valence-corrected chi connectivity index (χ0v) is 10.5. The van der Waals surface area contributed by atoms with Crippen LogP contribution in [-0.4, -0.2) is 27.7 Å². The Bertz CT molecular complexity index is 541. The quantitative estimate of drug-likeness (QED) is 0.807. The van der Waals surface area contributed by atoms with Crippen molar-refractivity contribution in [3.63, 3.8) is 0 Å². The van der Waals surface area contributed by atoms with Crippen molar-refractivity contribution in [3.05, 3.63) is 28.8 Å². The minimum atomic E-state index is -0.630. The Hall–Kier alpha value is -1.76. The van der Waals surface area contributed by atoms with Crippen LogP contribution in [0.2, 0.25) is 0 Å². The van der Waals surface area contributed by atoms with E-state index in [2.05, 4.69) is 31.1 Å². The number of aromatic nitrogens is 3. The molecular weight excluding hydrogens is 290 g/mol. The van der Waals surface area contributed by atoms with Crippen molar-refractivity contribution in [1.29, 1.82) is 0 Å². The average molecular weight is 298 g/mol. The Morgan fingerprint density at radius 3 is 3.06 bits per heavy atom. The smallest absolute Gasteiger partial charge is 0.397 e. The lowest BCUT2D eigenvalue weighted by Gasteiger charge is -1.94. The first-order valence-corrected chi connectivity index (χ1v) is 5.61. The molecule has 0 amide bonds. The normalized spacial score (nSPS) is 10.2. The molecule has 0 unspecified atom stereocenters. The topological polar surface area (TPSA) is 78.1 Å². The van der Waals surface area contributed by atoms with Gasteiger partial charge in [0.05, 0.1) is 6.61 Å². The summed E-state index contributed by atoms with van der Waals surface area (Å²) in [6, 6.07) is 1.77. The maximum Gasteiger partial charge on any atom is 0.397 e. The Kier molecular flexibility index (Phi) is 3.48. The molecule has 2 aromatic rings. The molecule has 0 spiro atoms. The van der Waals surface area contributed by atoms with Gasteiger partial charge in [-0.3, -0.25) is 4.98 Å². The van der Waals surface area contributed by atoms with E-state index in [4.69, 9.17) is 9.26 Å². The fraction of sp³-hybridized carbons (Fsp3) is 0.200. The predicted octanol–water partition coefficient (Wildman–Crippen LogP) is 2.07. The number of nitrogens with zero attached hydrogens (tertiary/aromatic N) is 3. The van der Waals surface area contributed by atoms with Gasteiger partial charge in [0.15, 0.2) is 0 Å². The molecule has 0 bridgehead atoms. The van der Waals surface area contributed by atoms with Crippen molar-refractivity contribution < 1.29 is 14.1 Å². The molecule has 0 aliphatic carbocycles. The van der Waals surface area contributed by atoms with Gasteiger partial charge in [-0.15, -0.1) is 0 Å². The standard InChI is InChI=1S/C10H8BrN3O3/c1-2-16-10(15)9-13-8(14-17-9)6-3-7(11)5-12-4-6/h3-5H,2H2,1H3. The van der Waals surface area contributed by atoms with Gasteiger partial charge in [0.2, 0.25) is 5.82 Å². The third kappa shape index (κ3) is 2.68. The van der Waals surface area contributed by atoms with Crippen LogP contribution in [0, 0.1) is 0 Å². The summed E-state index contributed by atoms with van der Waals surface area (Å²) < 4.78 is 10.3. The monoisotopic (exact) mass is 297 g/mol. The van der Waals surface area contributed by atoms with Crippen LogP contribution in [0.3, 0.4) is 0 Å². The number of hydrogen-bond donors (Lipinski definition) is 0. The number of esters is 1. The van der Waals surface area contributed by atoms with E-state index in [0.717, 1.165) is 4.47 Å². The molecule has 0 radical (unpaired) electrons. The van der Waals surface area contributed by atoms with Crippen LogP contribution in [0.25, 0.3) is 11.4 Å². The lowest BCUT2D eigenvalue weighted by molar-refractivity contribution is 0.0470. The number of ether oxygens (including phenoxy) is 1. The van der Waals surface area contributed by atoms with Crippen LogP contribution in [0.15, 0.2) is 27.5 Å². The summed E-state index contributed by atoms with van der Waals surface area (Å²) in [6.07, 6.45) is 3.21. The molecule has 6 nitrogen and oxygen atoms in total. The summed E-state index contributed by atoms with van der Waals surface area (Å²) in [6.45, 7) is 1.96. The lowest BCUT2D eigenvalue weighted by atomic mass is 10.3. The number of halogens is 1. The number of carbonyl (C=O) groups is 1. The van der Waals surface area contributed by atoms with Crippen LogP contribution in [0.4, 0.5) is 0 Å². The maximum absolute atomic E-state index is 11.3. The number of carbonyl (C=O) groups excluding carboxylic acids is 1. The second-order valence-electron chi connectivity index (χ2n) is 3.04. The van der Waals surface area contributed by atoms with Gasteiger partial charge in [0.1, 0.15) is 0 Å². The molecule has 88 valence electrons. The summed E-state index contributed by atoms with van der Waals surface area (Å²) in [7, 11) is 0. The molecule has 2 aromatic heterocycles. The van der Waals surface area contributed by atoms with Crippen LogP contribution < -0.4 is 0 Å². The predicted molar refractivity (Wildman–Crippen MR) is 61.2 cm³/mol. The van der Waals surface area contributed by atoms with E-state index in [1.54, 1.807) is 25.4 Å². The zero-order valence-electron chi connectivity index (χ0n) is 8.88. The second-order valence-corrected chi connectivity index (χ2v) is 3.95. The molecule has 0 fully saturated rings. The average Bonchev–Trinajstić information content (AvgIpc) is 2.78. The van der Waals surface area contributed by atoms with Crippen molar-refractivity contribution >= 4 is 21.9 Å². The first-order valence-electron chi connectivity index (χ1n) is 4.82. The van der Waals surface area contributed by atoms with Gasteiger partial charge in [-0.1, -0.05) is 5.16 Å². The van der Waals surface area contributed by atoms with Crippen molar-refractivity contribution in [1.82, 2.24) is 15.1 Å². The van der Waals surface area contributed by atoms with Crippen molar-refractivity contribution in [2.45, 2.75) is 6.92 Å². The summed E-state index contributed by atoms with van der Waals surface area (Å²) in [4.78, 5) is 19.2. The van der Waals surface area contributed by atoms with Gasteiger partial charge < -0.3 is 9.26 Å². The van der Waals surface area contributed by atoms with Gasteiger partial charge in [0, 0.05) is 22.4 Å². The molecule has 17 heavy (non-hydrogen) atoms. The molecule has 7 heteroatoms. The highest BCUT2D eigenvalue weighted by atomic mass is 79.9. The highest BCUT2D eigenvalue weighted by Crippen LogP contribution is 2.18. The highest BCUT2D eigenvalue weighted by molar-refractivity contribution is 9.10. The zero-order chi connectivity index (χ0) is 12.3. The van der Waals surface area contributed by atoms with E-state index in [1.165, 1.54) is 0 Å². The second kappa shape index (κ2) is 5.05. The van der Waals surface area contributed by atoms with E-state index >= 15 is 0 Å². The van der Waals surface area contributed by atoms with E-state index < -0.39 is 5.97 Å². The first kappa shape index (κ1) is 11.7. The molecule has 0 aliphatic rings. The van der Waals surface area contributed by atoms with Crippen molar-refractivity contribution in [2.75, 3.05) is 6.61 Å². The van der Waals surface area contributed by atoms with E-state index in [0.29, 0.717) is 11.4 Å². The summed E-state index contributed by atoms with van der Waals surface area (Å²) >= 11 is 3.28. The number of rotatable bonds is 3. The molecule has 2 heterocycles. The van der Waals surface area contributed by atoms with E-state index in [1.807, 2.05) is 0 Å². The van der Waals surface area contributed by atoms with Gasteiger partial charge in [-0.2, -0.15) is 4.98 Å². The lowest BCUT2D eigenvalue weighted by Crippen LogP contribution is -2.04. The summed E-state index contributed by atoms with van der Waals surface area (Å²) in [5, 5.41) is 3.68. The van der Waals surface area contributed by atoms with Gasteiger partial charge in [-0.05, 0) is 28.9 Å². The fourth-order valence-electron chi connectivity index (χ4n) is 1.15. The van der Waals surface area contributed by atoms with Gasteiger partial charge in [0.25, 0.3) is 0 Å². The molecule has 2 rings (SSSR count). The largest absolute Gasteiger partial charge is 0.459 e. The Balaban J connectivity index is 2.27. The Labute approximate surface area is 105 Å². The highest BCUT2D eigenvalue weighted by Gasteiger charge is 2.17. The maximum atomic E-state index is 11.3. The van der Waals surface area contributed by atoms with Crippen LogP contribution in [0.1, 0.15) is 17.6 Å². The van der Waals surface area contributed by atoms with Crippen LogP contribution >= 0.6 is 15.9 Å². The molecular formula is C10H8BrN3O3. The number of hydrogen-bond acceptors (Lipinski definition) is 6. The van der Waals surface area contributed by atoms with Crippen LogP contribution in [0.5, 0.6) is 0 Å². The minimum absolute atomic E-state index is 0.165. The minimum Gasteiger partial charge on any atom is -0.459 e. The molecule has 0 aliphatic heterocycles.